The molecule has 0 unspecified atom stereocenters. The summed E-state index contributed by atoms with van der Waals surface area (Å²) >= 11 is 1.49. The molecule has 8 heteroatoms. The Morgan fingerprint density at radius 2 is 1.86 bits per heavy atom. The van der Waals surface area contributed by atoms with E-state index < -0.39 is 23.5 Å². The summed E-state index contributed by atoms with van der Waals surface area (Å²) in [7, 11) is 0. The second kappa shape index (κ2) is 8.10. The Morgan fingerprint density at radius 3 is 2.54 bits per heavy atom. The smallest absolute Gasteiger partial charge is 0.352 e. The van der Waals surface area contributed by atoms with Crippen LogP contribution in [-0.2, 0) is 12.6 Å². The Hall–Kier alpha value is -2.74. The van der Waals surface area contributed by atoms with Gasteiger partial charge in [-0.05, 0) is 25.1 Å². The van der Waals surface area contributed by atoms with Gasteiger partial charge in [0.25, 0.3) is 5.91 Å². The van der Waals surface area contributed by atoms with Crippen molar-refractivity contribution in [3.63, 3.8) is 0 Å². The molecule has 28 heavy (non-hydrogen) atoms. The van der Waals surface area contributed by atoms with Crippen LogP contribution in [0.5, 0.6) is 0 Å². The first-order valence-electron chi connectivity index (χ1n) is 8.42. The summed E-state index contributed by atoms with van der Waals surface area (Å²) in [5.41, 5.74) is 0.297. The minimum Gasteiger partial charge on any atom is -0.352 e. The number of benzene rings is 2. The number of rotatable bonds is 5. The summed E-state index contributed by atoms with van der Waals surface area (Å²) in [6.45, 7) is 2.13. The van der Waals surface area contributed by atoms with Crippen LogP contribution < -0.4 is 5.32 Å². The molecule has 0 saturated heterocycles. The molecular weight excluding hydrogens is 392 g/mol. The van der Waals surface area contributed by atoms with Crippen LogP contribution in [-0.4, -0.2) is 17.4 Å². The second-order valence-electron chi connectivity index (χ2n) is 6.11. The fourth-order valence-corrected chi connectivity index (χ4v) is 3.65. The van der Waals surface area contributed by atoms with Gasteiger partial charge in [-0.25, -0.2) is 9.37 Å². The summed E-state index contributed by atoms with van der Waals surface area (Å²) in [5, 5.41) is 3.31. The molecule has 146 valence electrons. The predicted octanol–water partition coefficient (Wildman–Crippen LogP) is 5.25. The highest BCUT2D eigenvalue weighted by Crippen LogP contribution is 2.30. The van der Waals surface area contributed by atoms with Gasteiger partial charge >= 0.3 is 6.18 Å². The van der Waals surface area contributed by atoms with E-state index in [0.717, 1.165) is 27.2 Å². The Bertz CT molecular complexity index is 984. The summed E-state index contributed by atoms with van der Waals surface area (Å²) < 4.78 is 51.7. The summed E-state index contributed by atoms with van der Waals surface area (Å²) in [5.74, 6) is -1.87. The fraction of sp³-hybridized carbons (Fsp3) is 0.200. The molecule has 1 heterocycles. The van der Waals surface area contributed by atoms with Crippen molar-refractivity contribution >= 4 is 17.2 Å². The lowest BCUT2D eigenvalue weighted by Gasteiger charge is -2.09. The lowest BCUT2D eigenvalue weighted by Crippen LogP contribution is -2.26. The molecule has 0 radical (unpaired) electrons. The maximum Gasteiger partial charge on any atom is 0.416 e. The topological polar surface area (TPSA) is 42.0 Å². The number of hydrogen-bond acceptors (Lipinski definition) is 3. The van der Waals surface area contributed by atoms with Crippen LogP contribution >= 0.6 is 11.3 Å². The zero-order valence-corrected chi connectivity index (χ0v) is 15.6. The number of amides is 1. The molecule has 1 aromatic heterocycles. The van der Waals surface area contributed by atoms with Crippen molar-refractivity contribution in [2.24, 2.45) is 0 Å². The van der Waals surface area contributed by atoms with E-state index in [0.29, 0.717) is 18.6 Å². The van der Waals surface area contributed by atoms with Crippen molar-refractivity contribution in [2.45, 2.75) is 19.5 Å². The average Bonchev–Trinajstić information content (AvgIpc) is 3.01. The van der Waals surface area contributed by atoms with Gasteiger partial charge in [0.2, 0.25) is 0 Å². The quantitative estimate of drug-likeness (QED) is 0.586. The van der Waals surface area contributed by atoms with E-state index in [1.54, 1.807) is 0 Å². The number of carbonyl (C=O) groups is 1. The van der Waals surface area contributed by atoms with Crippen LogP contribution in [0.4, 0.5) is 17.6 Å². The van der Waals surface area contributed by atoms with Gasteiger partial charge in [0.1, 0.15) is 5.82 Å². The number of nitrogens with zero attached hydrogens (tertiary/aromatic N) is 1. The normalized spacial score (nSPS) is 11.5. The van der Waals surface area contributed by atoms with Crippen molar-refractivity contribution in [1.82, 2.24) is 10.3 Å². The Balaban J connectivity index is 1.64. The van der Waals surface area contributed by atoms with E-state index in [4.69, 9.17) is 0 Å². The number of aryl methyl sites for hydroxylation is 1. The number of alkyl halides is 3. The summed E-state index contributed by atoms with van der Waals surface area (Å²) in [4.78, 5) is 17.7. The number of aromatic nitrogens is 1. The SMILES string of the molecule is Cc1sc(CCNC(=O)c2cc(F)cc(C(F)(F)F)c2)nc1-c1ccccc1. The van der Waals surface area contributed by atoms with Crippen LogP contribution in [0, 0.1) is 12.7 Å². The molecule has 1 amide bonds. The molecule has 0 aliphatic rings. The van der Waals surface area contributed by atoms with Crippen LogP contribution in [0.25, 0.3) is 11.3 Å². The summed E-state index contributed by atoms with van der Waals surface area (Å²) in [6.07, 6.45) is -4.30. The third-order valence-electron chi connectivity index (χ3n) is 4.00. The molecule has 0 atom stereocenters. The number of halogens is 4. The monoisotopic (exact) mass is 408 g/mol. The van der Waals surface area contributed by atoms with Crippen LogP contribution in [0.3, 0.4) is 0 Å². The van der Waals surface area contributed by atoms with Crippen molar-refractivity contribution in [2.75, 3.05) is 6.54 Å². The first-order chi connectivity index (χ1) is 13.2. The standard InChI is InChI=1S/C20H16F4N2OS/c1-12-18(13-5-3-2-4-6-13)26-17(28-12)7-8-25-19(27)14-9-15(20(22,23)24)11-16(21)10-14/h2-6,9-11H,7-8H2,1H3,(H,25,27). The fourth-order valence-electron chi connectivity index (χ4n) is 2.69. The molecule has 0 saturated carbocycles. The largest absolute Gasteiger partial charge is 0.416 e. The first kappa shape index (κ1) is 20.0. The number of hydrogen-bond donors (Lipinski definition) is 1. The van der Waals surface area contributed by atoms with Gasteiger partial charge in [0, 0.05) is 29.0 Å². The van der Waals surface area contributed by atoms with Crippen molar-refractivity contribution in [1.29, 1.82) is 0 Å². The predicted molar refractivity (Wildman–Crippen MR) is 99.7 cm³/mol. The number of nitrogens with one attached hydrogen (secondary N) is 1. The first-order valence-corrected chi connectivity index (χ1v) is 9.23. The lowest BCUT2D eigenvalue weighted by molar-refractivity contribution is -0.137. The van der Waals surface area contributed by atoms with Crippen molar-refractivity contribution < 1.29 is 22.4 Å². The Morgan fingerprint density at radius 1 is 1.14 bits per heavy atom. The maximum atomic E-state index is 13.4. The zero-order chi connectivity index (χ0) is 20.3. The minimum atomic E-state index is -4.72. The van der Waals surface area contributed by atoms with Crippen molar-refractivity contribution in [3.8, 4) is 11.3 Å². The minimum absolute atomic E-state index is 0.178. The number of thiazole rings is 1. The van der Waals surface area contributed by atoms with E-state index in [1.165, 1.54) is 11.3 Å². The Kier molecular flexibility index (Phi) is 5.79. The van der Waals surface area contributed by atoms with E-state index in [1.807, 2.05) is 37.3 Å². The van der Waals surface area contributed by atoms with Gasteiger partial charge in [-0.15, -0.1) is 11.3 Å². The van der Waals surface area contributed by atoms with Gasteiger partial charge in [0.05, 0.1) is 16.3 Å². The average molecular weight is 408 g/mol. The molecule has 0 spiro atoms. The molecule has 0 aliphatic carbocycles. The van der Waals surface area contributed by atoms with Gasteiger partial charge in [-0.3, -0.25) is 4.79 Å². The third kappa shape index (κ3) is 4.75. The van der Waals surface area contributed by atoms with Gasteiger partial charge < -0.3 is 5.32 Å². The van der Waals surface area contributed by atoms with Crippen LogP contribution in [0.1, 0.15) is 25.8 Å². The van der Waals surface area contributed by atoms with E-state index in [9.17, 15) is 22.4 Å². The molecule has 1 N–H and O–H groups in total. The van der Waals surface area contributed by atoms with E-state index >= 15 is 0 Å². The maximum absolute atomic E-state index is 13.4. The highest BCUT2D eigenvalue weighted by Gasteiger charge is 2.32. The molecular formula is C20H16F4N2OS. The molecule has 3 rings (SSSR count). The highest BCUT2D eigenvalue weighted by atomic mass is 32.1. The molecule has 0 bridgehead atoms. The van der Waals surface area contributed by atoms with Crippen LogP contribution in [0.2, 0.25) is 0 Å². The van der Waals surface area contributed by atoms with Gasteiger partial charge in [-0.1, -0.05) is 30.3 Å². The molecule has 3 aromatic rings. The molecule has 0 fully saturated rings. The molecule has 0 aliphatic heterocycles. The second-order valence-corrected chi connectivity index (χ2v) is 7.40. The van der Waals surface area contributed by atoms with E-state index in [-0.39, 0.29) is 12.1 Å². The molecule has 3 nitrogen and oxygen atoms in total. The van der Waals surface area contributed by atoms with Crippen molar-refractivity contribution in [3.05, 3.63) is 75.4 Å². The lowest BCUT2D eigenvalue weighted by atomic mass is 10.1. The van der Waals surface area contributed by atoms with E-state index in [2.05, 4.69) is 10.3 Å². The molecule has 2 aromatic carbocycles. The van der Waals surface area contributed by atoms with Gasteiger partial charge in [-0.2, -0.15) is 13.2 Å². The third-order valence-corrected chi connectivity index (χ3v) is 5.03. The van der Waals surface area contributed by atoms with Gasteiger partial charge in [0.15, 0.2) is 0 Å². The summed E-state index contributed by atoms with van der Waals surface area (Å²) in [6, 6.07) is 11.4. The van der Waals surface area contributed by atoms with Crippen LogP contribution in [0.15, 0.2) is 48.5 Å². The Labute approximate surface area is 163 Å². The zero-order valence-electron chi connectivity index (χ0n) is 14.8. The number of carbonyl (C=O) groups excluding carboxylic acids is 1. The highest BCUT2D eigenvalue weighted by molar-refractivity contribution is 7.12.